The van der Waals surface area contributed by atoms with Gasteiger partial charge >= 0.3 is 0 Å². The molecule has 0 unspecified atom stereocenters. The van der Waals surface area contributed by atoms with Crippen LogP contribution in [0.1, 0.15) is 32.4 Å². The van der Waals surface area contributed by atoms with E-state index in [9.17, 15) is 4.79 Å². The first-order chi connectivity index (χ1) is 11.5. The Morgan fingerprint density at radius 1 is 1.25 bits per heavy atom. The number of anilines is 1. The molecule has 6 heteroatoms. The fraction of sp³-hybridized carbons (Fsp3) is 0.222. The average molecular weight is 342 g/mol. The van der Waals surface area contributed by atoms with Crippen LogP contribution < -0.4 is 10.1 Å². The first-order valence-corrected chi connectivity index (χ1v) is 8.36. The lowest BCUT2D eigenvalue weighted by Crippen LogP contribution is -2.10. The predicted molar refractivity (Wildman–Crippen MR) is 93.8 cm³/mol. The third-order valence-corrected chi connectivity index (χ3v) is 4.49. The number of rotatable bonds is 5. The van der Waals surface area contributed by atoms with E-state index in [4.69, 9.17) is 9.15 Å². The molecule has 2 aromatic heterocycles. The monoisotopic (exact) mass is 342 g/mol. The minimum Gasteiger partial charge on any atom is -0.486 e. The molecule has 0 radical (unpaired) electrons. The normalized spacial score (nSPS) is 10.6. The number of nitrogens with one attached hydrogen (secondary N) is 1. The highest BCUT2D eigenvalue weighted by atomic mass is 32.1. The highest BCUT2D eigenvalue weighted by molar-refractivity contribution is 7.15. The van der Waals surface area contributed by atoms with Crippen molar-refractivity contribution in [1.29, 1.82) is 0 Å². The number of hydrogen-bond donors (Lipinski definition) is 1. The SMILES string of the molecule is Cc1cccc(OCc2ccc(C(=O)Nc3nc(C)c(C)s3)o2)c1. The van der Waals surface area contributed by atoms with Gasteiger partial charge in [0.25, 0.3) is 5.91 Å². The van der Waals surface area contributed by atoms with Gasteiger partial charge in [0.15, 0.2) is 10.9 Å². The molecule has 1 N–H and O–H groups in total. The molecule has 124 valence electrons. The van der Waals surface area contributed by atoms with Gasteiger partial charge in [-0.15, -0.1) is 11.3 Å². The highest BCUT2D eigenvalue weighted by Crippen LogP contribution is 2.22. The van der Waals surface area contributed by atoms with Crippen LogP contribution in [0.3, 0.4) is 0 Å². The fourth-order valence-corrected chi connectivity index (χ4v) is 2.93. The van der Waals surface area contributed by atoms with E-state index >= 15 is 0 Å². The summed E-state index contributed by atoms with van der Waals surface area (Å²) in [5.41, 5.74) is 2.04. The number of carbonyl (C=O) groups excluding carboxylic acids is 1. The second-order valence-electron chi connectivity index (χ2n) is 5.49. The standard InChI is InChI=1S/C18H18N2O3S/c1-11-5-4-6-14(9-11)22-10-15-7-8-16(23-15)17(21)20-18-19-12(2)13(3)24-18/h4-9H,10H2,1-3H3,(H,19,20,21). The van der Waals surface area contributed by atoms with Gasteiger partial charge in [0.05, 0.1) is 5.69 Å². The largest absolute Gasteiger partial charge is 0.486 e. The zero-order chi connectivity index (χ0) is 17.1. The van der Waals surface area contributed by atoms with Gasteiger partial charge < -0.3 is 9.15 Å². The van der Waals surface area contributed by atoms with E-state index in [0.717, 1.165) is 21.9 Å². The van der Waals surface area contributed by atoms with E-state index in [2.05, 4.69) is 10.3 Å². The van der Waals surface area contributed by atoms with Crippen LogP contribution in [0.15, 0.2) is 40.8 Å². The lowest BCUT2D eigenvalue weighted by Gasteiger charge is -2.04. The second kappa shape index (κ2) is 6.88. The molecule has 2 heterocycles. The zero-order valence-corrected chi connectivity index (χ0v) is 14.6. The number of nitrogens with zero attached hydrogens (tertiary/aromatic N) is 1. The molecule has 5 nitrogen and oxygen atoms in total. The molecule has 0 bridgehead atoms. The lowest BCUT2D eigenvalue weighted by atomic mass is 10.2. The summed E-state index contributed by atoms with van der Waals surface area (Å²) in [5, 5.41) is 3.32. The summed E-state index contributed by atoms with van der Waals surface area (Å²) >= 11 is 1.44. The lowest BCUT2D eigenvalue weighted by molar-refractivity contribution is 0.0992. The molecule has 1 amide bonds. The maximum atomic E-state index is 12.2. The molecule has 0 atom stereocenters. The van der Waals surface area contributed by atoms with Gasteiger partial charge in [0.2, 0.25) is 0 Å². The van der Waals surface area contributed by atoms with E-state index in [0.29, 0.717) is 10.9 Å². The van der Waals surface area contributed by atoms with Crippen LogP contribution >= 0.6 is 11.3 Å². The van der Waals surface area contributed by atoms with Crippen LogP contribution in [0.25, 0.3) is 0 Å². The zero-order valence-electron chi connectivity index (χ0n) is 13.8. The number of carbonyl (C=O) groups is 1. The van der Waals surface area contributed by atoms with Gasteiger partial charge in [-0.3, -0.25) is 10.1 Å². The van der Waals surface area contributed by atoms with Crippen LogP contribution in [-0.2, 0) is 6.61 Å². The van der Waals surface area contributed by atoms with Gasteiger partial charge in [-0.05, 0) is 50.6 Å². The first kappa shape index (κ1) is 16.3. The van der Waals surface area contributed by atoms with Crippen LogP contribution in [0.2, 0.25) is 0 Å². The van der Waals surface area contributed by atoms with Crippen LogP contribution in [-0.4, -0.2) is 10.9 Å². The van der Waals surface area contributed by atoms with E-state index in [1.54, 1.807) is 12.1 Å². The molecule has 0 spiro atoms. The van der Waals surface area contributed by atoms with Crippen molar-refractivity contribution in [2.75, 3.05) is 5.32 Å². The Kier molecular flexibility index (Phi) is 4.66. The summed E-state index contributed by atoms with van der Waals surface area (Å²) in [6.07, 6.45) is 0. The van der Waals surface area contributed by atoms with Gasteiger partial charge in [0, 0.05) is 4.88 Å². The first-order valence-electron chi connectivity index (χ1n) is 7.55. The van der Waals surface area contributed by atoms with E-state index in [1.807, 2.05) is 45.0 Å². The summed E-state index contributed by atoms with van der Waals surface area (Å²) in [6, 6.07) is 11.1. The van der Waals surface area contributed by atoms with Crippen molar-refractivity contribution in [2.45, 2.75) is 27.4 Å². The summed E-state index contributed by atoms with van der Waals surface area (Å²) in [6.45, 7) is 6.15. The van der Waals surface area contributed by atoms with Gasteiger partial charge in [-0.2, -0.15) is 0 Å². The van der Waals surface area contributed by atoms with Crippen molar-refractivity contribution in [3.8, 4) is 5.75 Å². The molecule has 0 aliphatic rings. The highest BCUT2D eigenvalue weighted by Gasteiger charge is 2.14. The minimum atomic E-state index is -0.314. The molecular weight excluding hydrogens is 324 g/mol. The number of benzene rings is 1. The van der Waals surface area contributed by atoms with Gasteiger partial charge in [-0.1, -0.05) is 12.1 Å². The molecule has 24 heavy (non-hydrogen) atoms. The Morgan fingerprint density at radius 2 is 2.08 bits per heavy atom. The molecule has 0 aliphatic heterocycles. The molecule has 0 aliphatic carbocycles. The van der Waals surface area contributed by atoms with E-state index in [1.165, 1.54) is 11.3 Å². The van der Waals surface area contributed by atoms with E-state index < -0.39 is 0 Å². The Bertz CT molecular complexity index is 847. The Hall–Kier alpha value is -2.60. The molecule has 0 saturated heterocycles. The summed E-state index contributed by atoms with van der Waals surface area (Å²) in [4.78, 5) is 17.6. The van der Waals surface area contributed by atoms with Crippen molar-refractivity contribution in [3.63, 3.8) is 0 Å². The Balaban J connectivity index is 1.61. The van der Waals surface area contributed by atoms with E-state index in [-0.39, 0.29) is 18.3 Å². The molecule has 0 saturated carbocycles. The third-order valence-electron chi connectivity index (χ3n) is 3.51. The van der Waals surface area contributed by atoms with Crippen molar-refractivity contribution in [2.24, 2.45) is 0 Å². The third kappa shape index (κ3) is 3.83. The maximum Gasteiger partial charge on any atom is 0.293 e. The number of aryl methyl sites for hydroxylation is 3. The number of aromatic nitrogens is 1. The topological polar surface area (TPSA) is 64.4 Å². The van der Waals surface area contributed by atoms with Crippen LogP contribution in [0.5, 0.6) is 5.75 Å². The predicted octanol–water partition coefficient (Wildman–Crippen LogP) is 4.49. The number of hydrogen-bond acceptors (Lipinski definition) is 5. The molecular formula is C18H18N2O3S. The maximum absolute atomic E-state index is 12.2. The van der Waals surface area contributed by atoms with Crippen LogP contribution in [0, 0.1) is 20.8 Å². The number of ether oxygens (including phenoxy) is 1. The molecule has 0 fully saturated rings. The number of thiazole rings is 1. The fourth-order valence-electron chi connectivity index (χ4n) is 2.12. The van der Waals surface area contributed by atoms with Crippen molar-refractivity contribution in [1.82, 2.24) is 4.98 Å². The molecule has 1 aromatic carbocycles. The van der Waals surface area contributed by atoms with Gasteiger partial charge in [0.1, 0.15) is 18.1 Å². The molecule has 3 aromatic rings. The summed E-state index contributed by atoms with van der Waals surface area (Å²) in [7, 11) is 0. The van der Waals surface area contributed by atoms with Crippen molar-refractivity contribution in [3.05, 3.63) is 64.1 Å². The number of furan rings is 1. The summed E-state index contributed by atoms with van der Waals surface area (Å²) < 4.78 is 11.2. The smallest absolute Gasteiger partial charge is 0.293 e. The van der Waals surface area contributed by atoms with Gasteiger partial charge in [-0.25, -0.2) is 4.98 Å². The summed E-state index contributed by atoms with van der Waals surface area (Å²) in [5.74, 6) is 1.29. The Labute approximate surface area is 144 Å². The van der Waals surface area contributed by atoms with Crippen molar-refractivity contribution < 1.29 is 13.9 Å². The number of amides is 1. The average Bonchev–Trinajstić information content (AvgIpc) is 3.13. The Morgan fingerprint density at radius 3 is 2.79 bits per heavy atom. The quantitative estimate of drug-likeness (QED) is 0.742. The molecule has 3 rings (SSSR count). The second-order valence-corrected chi connectivity index (χ2v) is 6.69. The minimum absolute atomic E-state index is 0.239. The van der Waals surface area contributed by atoms with Crippen LogP contribution in [0.4, 0.5) is 5.13 Å². The van der Waals surface area contributed by atoms with Crippen molar-refractivity contribution >= 4 is 22.4 Å².